The SMILES string of the molecule is O=C(O)[C@H]1CCN(C(=O)c2ccnc(C3CC3)n2)C1. The third kappa shape index (κ3) is 2.43. The fourth-order valence-electron chi connectivity index (χ4n) is 2.34. The van der Waals surface area contributed by atoms with Gasteiger partial charge in [0.2, 0.25) is 0 Å². The molecular weight excluding hydrogens is 246 g/mol. The van der Waals surface area contributed by atoms with Crippen LogP contribution in [0.3, 0.4) is 0 Å². The van der Waals surface area contributed by atoms with Crippen molar-refractivity contribution in [3.05, 3.63) is 23.8 Å². The second kappa shape index (κ2) is 4.60. The van der Waals surface area contributed by atoms with E-state index in [4.69, 9.17) is 5.11 Å². The monoisotopic (exact) mass is 261 g/mol. The number of aromatic nitrogens is 2. The van der Waals surface area contributed by atoms with E-state index >= 15 is 0 Å². The van der Waals surface area contributed by atoms with E-state index in [1.807, 2.05) is 0 Å². The van der Waals surface area contributed by atoms with E-state index in [2.05, 4.69) is 9.97 Å². The van der Waals surface area contributed by atoms with Crippen molar-refractivity contribution in [3.63, 3.8) is 0 Å². The normalized spacial score (nSPS) is 22.5. The molecule has 2 fully saturated rings. The summed E-state index contributed by atoms with van der Waals surface area (Å²) in [4.78, 5) is 33.2. The number of carboxylic acid groups (broad SMARTS) is 1. The molecule has 1 aliphatic carbocycles. The number of amides is 1. The zero-order valence-electron chi connectivity index (χ0n) is 10.5. The van der Waals surface area contributed by atoms with Crippen LogP contribution in [0.4, 0.5) is 0 Å². The van der Waals surface area contributed by atoms with E-state index < -0.39 is 11.9 Å². The van der Waals surface area contributed by atoms with Gasteiger partial charge in [0.15, 0.2) is 0 Å². The molecule has 0 spiro atoms. The summed E-state index contributed by atoms with van der Waals surface area (Å²) in [6.45, 7) is 0.759. The summed E-state index contributed by atoms with van der Waals surface area (Å²) in [6, 6.07) is 1.60. The van der Waals surface area contributed by atoms with Gasteiger partial charge in [-0.05, 0) is 25.3 Å². The largest absolute Gasteiger partial charge is 0.481 e. The lowest BCUT2D eigenvalue weighted by molar-refractivity contribution is -0.141. The summed E-state index contributed by atoms with van der Waals surface area (Å²) in [5, 5.41) is 8.94. The van der Waals surface area contributed by atoms with Crippen LogP contribution in [0.25, 0.3) is 0 Å². The van der Waals surface area contributed by atoms with Crippen molar-refractivity contribution in [2.24, 2.45) is 5.92 Å². The van der Waals surface area contributed by atoms with Crippen LogP contribution in [0.2, 0.25) is 0 Å². The van der Waals surface area contributed by atoms with E-state index in [1.165, 1.54) is 0 Å². The maximum absolute atomic E-state index is 12.3. The quantitative estimate of drug-likeness (QED) is 0.874. The van der Waals surface area contributed by atoms with Crippen LogP contribution in [0.5, 0.6) is 0 Å². The van der Waals surface area contributed by atoms with Crippen LogP contribution >= 0.6 is 0 Å². The molecule has 6 nitrogen and oxygen atoms in total. The van der Waals surface area contributed by atoms with Gasteiger partial charge in [0.1, 0.15) is 11.5 Å². The molecule has 1 atom stereocenters. The van der Waals surface area contributed by atoms with Gasteiger partial charge in [-0.1, -0.05) is 0 Å². The molecule has 0 aromatic carbocycles. The van der Waals surface area contributed by atoms with Gasteiger partial charge < -0.3 is 10.0 Å². The van der Waals surface area contributed by atoms with Gasteiger partial charge in [0.25, 0.3) is 5.91 Å². The van der Waals surface area contributed by atoms with Crippen molar-refractivity contribution in [1.82, 2.24) is 14.9 Å². The van der Waals surface area contributed by atoms with Gasteiger partial charge >= 0.3 is 5.97 Å². The first-order valence-electron chi connectivity index (χ1n) is 6.50. The van der Waals surface area contributed by atoms with E-state index in [0.29, 0.717) is 24.6 Å². The number of aliphatic carboxylic acids is 1. The standard InChI is InChI=1S/C13H15N3O3/c17-12(16-6-4-9(7-16)13(18)19)10-3-5-14-11(15-10)8-1-2-8/h3,5,8-9H,1-2,4,6-7H2,(H,18,19)/t9-/m0/s1. The Morgan fingerprint density at radius 1 is 1.32 bits per heavy atom. The number of carboxylic acids is 1. The maximum atomic E-state index is 12.3. The van der Waals surface area contributed by atoms with Crippen molar-refractivity contribution in [3.8, 4) is 0 Å². The third-order valence-corrected chi connectivity index (χ3v) is 3.66. The minimum atomic E-state index is -0.836. The molecule has 19 heavy (non-hydrogen) atoms. The highest BCUT2D eigenvalue weighted by atomic mass is 16.4. The third-order valence-electron chi connectivity index (χ3n) is 3.66. The van der Waals surface area contributed by atoms with Crippen molar-refractivity contribution < 1.29 is 14.7 Å². The fraction of sp³-hybridized carbons (Fsp3) is 0.538. The minimum absolute atomic E-state index is 0.187. The number of carbonyl (C=O) groups excluding carboxylic acids is 1. The lowest BCUT2D eigenvalue weighted by Crippen LogP contribution is -2.30. The van der Waals surface area contributed by atoms with Crippen molar-refractivity contribution >= 4 is 11.9 Å². The maximum Gasteiger partial charge on any atom is 0.308 e. The molecule has 1 aliphatic heterocycles. The van der Waals surface area contributed by atoms with Crippen LogP contribution in [0, 0.1) is 5.92 Å². The van der Waals surface area contributed by atoms with Crippen LogP contribution in [-0.2, 0) is 4.79 Å². The Morgan fingerprint density at radius 2 is 2.11 bits per heavy atom. The molecular formula is C13H15N3O3. The molecule has 1 saturated heterocycles. The molecule has 0 bridgehead atoms. The molecule has 2 heterocycles. The summed E-state index contributed by atoms with van der Waals surface area (Å²) < 4.78 is 0. The predicted octanol–water partition coefficient (Wildman–Crippen LogP) is 0.901. The van der Waals surface area contributed by atoms with Gasteiger partial charge in [-0.25, -0.2) is 9.97 Å². The van der Waals surface area contributed by atoms with Gasteiger partial charge in [-0.15, -0.1) is 0 Å². The average molecular weight is 261 g/mol. The van der Waals surface area contributed by atoms with Crippen LogP contribution in [-0.4, -0.2) is 44.9 Å². The highest BCUT2D eigenvalue weighted by Crippen LogP contribution is 2.37. The molecule has 1 amide bonds. The zero-order chi connectivity index (χ0) is 13.4. The number of rotatable bonds is 3. The van der Waals surface area contributed by atoms with Gasteiger partial charge in [0.05, 0.1) is 5.92 Å². The minimum Gasteiger partial charge on any atom is -0.481 e. The molecule has 2 aliphatic rings. The second-order valence-corrected chi connectivity index (χ2v) is 5.15. The van der Waals surface area contributed by atoms with E-state index in [0.717, 1.165) is 18.7 Å². The van der Waals surface area contributed by atoms with E-state index in [-0.39, 0.29) is 12.5 Å². The van der Waals surface area contributed by atoms with Crippen LogP contribution in [0.1, 0.15) is 41.5 Å². The van der Waals surface area contributed by atoms with Gasteiger partial charge in [-0.3, -0.25) is 9.59 Å². The Balaban J connectivity index is 1.73. The Kier molecular flexibility index (Phi) is 2.93. The van der Waals surface area contributed by atoms with Crippen LogP contribution in [0.15, 0.2) is 12.3 Å². The summed E-state index contributed by atoms with van der Waals surface area (Å²) in [5.41, 5.74) is 0.378. The molecule has 0 unspecified atom stereocenters. The summed E-state index contributed by atoms with van der Waals surface area (Å²) in [5.74, 6) is -0.337. The molecule has 1 aromatic heterocycles. The Labute approximate surface area is 110 Å². The number of hydrogen-bond acceptors (Lipinski definition) is 4. The average Bonchev–Trinajstić information content (AvgIpc) is 3.15. The van der Waals surface area contributed by atoms with Crippen LogP contribution < -0.4 is 0 Å². The number of nitrogens with zero attached hydrogens (tertiary/aromatic N) is 3. The fourth-order valence-corrected chi connectivity index (χ4v) is 2.34. The predicted molar refractivity (Wildman–Crippen MR) is 65.7 cm³/mol. The first kappa shape index (κ1) is 12.1. The first-order chi connectivity index (χ1) is 9.15. The zero-order valence-corrected chi connectivity index (χ0v) is 10.5. The van der Waals surface area contributed by atoms with Gasteiger partial charge in [0, 0.05) is 25.2 Å². The Bertz CT molecular complexity index is 528. The molecule has 1 aromatic rings. The molecule has 100 valence electrons. The van der Waals surface area contributed by atoms with Crippen molar-refractivity contribution in [1.29, 1.82) is 0 Å². The van der Waals surface area contributed by atoms with Crippen molar-refractivity contribution in [2.45, 2.75) is 25.2 Å². The topological polar surface area (TPSA) is 83.4 Å². The Morgan fingerprint density at radius 3 is 2.74 bits per heavy atom. The number of likely N-dealkylation sites (tertiary alicyclic amines) is 1. The van der Waals surface area contributed by atoms with E-state index in [9.17, 15) is 9.59 Å². The lowest BCUT2D eigenvalue weighted by atomic mass is 10.1. The van der Waals surface area contributed by atoms with Crippen molar-refractivity contribution in [2.75, 3.05) is 13.1 Å². The molecule has 6 heteroatoms. The molecule has 3 rings (SSSR count). The second-order valence-electron chi connectivity index (χ2n) is 5.15. The molecule has 0 radical (unpaired) electrons. The molecule has 1 N–H and O–H groups in total. The summed E-state index contributed by atoms with van der Waals surface area (Å²) in [7, 11) is 0. The Hall–Kier alpha value is -1.98. The lowest BCUT2D eigenvalue weighted by Gasteiger charge is -2.15. The highest BCUT2D eigenvalue weighted by Gasteiger charge is 2.32. The van der Waals surface area contributed by atoms with E-state index in [1.54, 1.807) is 17.2 Å². The smallest absolute Gasteiger partial charge is 0.308 e. The van der Waals surface area contributed by atoms with Gasteiger partial charge in [-0.2, -0.15) is 0 Å². The first-order valence-corrected chi connectivity index (χ1v) is 6.50. The number of carbonyl (C=O) groups is 2. The highest BCUT2D eigenvalue weighted by molar-refractivity contribution is 5.92. The molecule has 1 saturated carbocycles. The summed E-state index contributed by atoms with van der Waals surface area (Å²) >= 11 is 0. The number of hydrogen-bond donors (Lipinski definition) is 1. The summed E-state index contributed by atoms with van der Waals surface area (Å²) in [6.07, 6.45) is 4.30.